The van der Waals surface area contributed by atoms with Crippen LogP contribution in [0.15, 0.2) is 21.6 Å². The molecule has 1 aliphatic rings. The Labute approximate surface area is 133 Å². The van der Waals surface area contributed by atoms with Crippen molar-refractivity contribution in [3.8, 4) is 0 Å². The molecule has 1 amide bonds. The Morgan fingerprint density at radius 3 is 2.50 bits per heavy atom. The van der Waals surface area contributed by atoms with E-state index in [-0.39, 0.29) is 24.8 Å². The minimum absolute atomic E-state index is 0.0998. The molecule has 11 heteroatoms. The van der Waals surface area contributed by atoms with Gasteiger partial charge in [0.2, 0.25) is 11.6 Å². The van der Waals surface area contributed by atoms with Gasteiger partial charge in [-0.05, 0) is 12.8 Å². The molecule has 1 fully saturated rings. The first-order valence-corrected chi connectivity index (χ1v) is 7.21. The number of hydrogen-bond donors (Lipinski definition) is 0. The van der Waals surface area contributed by atoms with E-state index >= 15 is 0 Å². The third kappa shape index (κ3) is 2.81. The van der Waals surface area contributed by atoms with Crippen molar-refractivity contribution in [3.63, 3.8) is 0 Å². The Morgan fingerprint density at radius 2 is 2.00 bits per heavy atom. The van der Waals surface area contributed by atoms with Gasteiger partial charge in [-0.2, -0.15) is 13.2 Å². The lowest BCUT2D eigenvalue weighted by atomic mass is 10.1. The number of aromatic nitrogens is 4. The lowest BCUT2D eigenvalue weighted by Gasteiger charge is -2.30. The molecule has 0 unspecified atom stereocenters. The van der Waals surface area contributed by atoms with Crippen LogP contribution in [0.3, 0.4) is 0 Å². The van der Waals surface area contributed by atoms with Gasteiger partial charge < -0.3 is 9.42 Å². The first-order valence-electron chi connectivity index (χ1n) is 7.21. The maximum Gasteiger partial charge on any atom is 0.451 e. The molecule has 130 valence electrons. The van der Waals surface area contributed by atoms with Gasteiger partial charge in [0.1, 0.15) is 0 Å². The second-order valence-electron chi connectivity index (χ2n) is 5.51. The van der Waals surface area contributed by atoms with Gasteiger partial charge in [0.25, 0.3) is 5.91 Å². The Hall–Kier alpha value is -2.59. The molecule has 0 radical (unpaired) electrons. The molecule has 0 aliphatic carbocycles. The van der Waals surface area contributed by atoms with Crippen molar-refractivity contribution < 1.29 is 22.5 Å². The normalized spacial score (nSPS) is 16.6. The Balaban J connectivity index is 1.74. The third-order valence-electron chi connectivity index (χ3n) is 4.00. The first kappa shape index (κ1) is 16.3. The molecule has 1 saturated heterocycles. The number of halogens is 3. The molecule has 0 saturated carbocycles. The van der Waals surface area contributed by atoms with Crippen LogP contribution in [-0.4, -0.2) is 43.4 Å². The SMILES string of the molecule is Cn1c(C(F)(F)F)nn(C2CCN(C(=O)c3ccno3)CC2)c1=O. The summed E-state index contributed by atoms with van der Waals surface area (Å²) in [6.07, 6.45) is -2.68. The summed E-state index contributed by atoms with van der Waals surface area (Å²) in [5.74, 6) is -1.47. The highest BCUT2D eigenvalue weighted by Gasteiger charge is 2.39. The summed E-state index contributed by atoms with van der Waals surface area (Å²) in [7, 11) is 1.04. The second-order valence-corrected chi connectivity index (χ2v) is 5.51. The second kappa shape index (κ2) is 5.80. The Morgan fingerprint density at radius 1 is 1.33 bits per heavy atom. The van der Waals surface area contributed by atoms with Crippen molar-refractivity contribution in [2.45, 2.75) is 25.1 Å². The standard InChI is InChI=1S/C13H14F3N5O3/c1-19-11(13(14,15)16)18-21(12(19)23)8-3-6-20(7-4-8)10(22)9-2-5-17-24-9/h2,5,8H,3-4,6-7H2,1H3. The van der Waals surface area contributed by atoms with Crippen molar-refractivity contribution in [1.29, 1.82) is 0 Å². The van der Waals surface area contributed by atoms with Gasteiger partial charge in [-0.1, -0.05) is 5.16 Å². The smallest absolute Gasteiger partial charge is 0.351 e. The van der Waals surface area contributed by atoms with Gasteiger partial charge in [0.05, 0.1) is 12.2 Å². The average Bonchev–Trinajstić information content (AvgIpc) is 3.16. The number of amides is 1. The van der Waals surface area contributed by atoms with Gasteiger partial charge in [0, 0.05) is 26.2 Å². The molecule has 2 aromatic rings. The zero-order chi connectivity index (χ0) is 17.5. The van der Waals surface area contributed by atoms with E-state index in [9.17, 15) is 22.8 Å². The highest BCUT2D eigenvalue weighted by atomic mass is 19.4. The number of likely N-dealkylation sites (tertiary alicyclic amines) is 1. The molecule has 3 heterocycles. The van der Waals surface area contributed by atoms with E-state index in [2.05, 4.69) is 10.3 Å². The summed E-state index contributed by atoms with van der Waals surface area (Å²) in [5.41, 5.74) is -0.817. The average molecular weight is 345 g/mol. The summed E-state index contributed by atoms with van der Waals surface area (Å²) in [6, 6.07) is 0.950. The van der Waals surface area contributed by atoms with E-state index in [4.69, 9.17) is 4.52 Å². The van der Waals surface area contributed by atoms with Crippen molar-refractivity contribution >= 4 is 5.91 Å². The zero-order valence-electron chi connectivity index (χ0n) is 12.7. The number of alkyl halides is 3. The number of nitrogens with zero attached hydrogens (tertiary/aromatic N) is 5. The van der Waals surface area contributed by atoms with Crippen molar-refractivity contribution in [2.24, 2.45) is 7.05 Å². The highest BCUT2D eigenvalue weighted by Crippen LogP contribution is 2.28. The van der Waals surface area contributed by atoms with Crippen molar-refractivity contribution in [1.82, 2.24) is 24.4 Å². The highest BCUT2D eigenvalue weighted by molar-refractivity contribution is 5.91. The molecule has 0 atom stereocenters. The fourth-order valence-electron chi connectivity index (χ4n) is 2.74. The van der Waals surface area contributed by atoms with E-state index in [1.165, 1.54) is 17.2 Å². The van der Waals surface area contributed by atoms with Crippen LogP contribution >= 0.6 is 0 Å². The Kier molecular flexibility index (Phi) is 3.93. The maximum absolute atomic E-state index is 12.8. The molecule has 0 bridgehead atoms. The molecule has 2 aromatic heterocycles. The lowest BCUT2D eigenvalue weighted by molar-refractivity contribution is -0.147. The van der Waals surface area contributed by atoms with E-state index < -0.39 is 23.7 Å². The molecule has 24 heavy (non-hydrogen) atoms. The van der Waals surface area contributed by atoms with E-state index in [1.54, 1.807) is 0 Å². The predicted octanol–water partition coefficient (Wildman–Crippen LogP) is 1.07. The first-order chi connectivity index (χ1) is 11.3. The van der Waals surface area contributed by atoms with Crippen LogP contribution in [0, 0.1) is 0 Å². The monoisotopic (exact) mass is 345 g/mol. The van der Waals surface area contributed by atoms with Gasteiger partial charge in [-0.25, -0.2) is 9.48 Å². The van der Waals surface area contributed by atoms with Crippen LogP contribution in [0.2, 0.25) is 0 Å². The molecule has 0 N–H and O–H groups in total. The molecule has 1 aliphatic heterocycles. The largest absolute Gasteiger partial charge is 0.451 e. The van der Waals surface area contributed by atoms with Gasteiger partial charge in [0.15, 0.2) is 0 Å². The summed E-state index contributed by atoms with van der Waals surface area (Å²) in [5, 5.41) is 6.89. The van der Waals surface area contributed by atoms with Crippen LogP contribution in [0.1, 0.15) is 35.3 Å². The van der Waals surface area contributed by atoms with E-state index in [0.717, 1.165) is 11.7 Å². The van der Waals surface area contributed by atoms with E-state index in [1.807, 2.05) is 0 Å². The molecule has 0 spiro atoms. The molecule has 0 aromatic carbocycles. The van der Waals surface area contributed by atoms with Gasteiger partial charge >= 0.3 is 11.9 Å². The summed E-state index contributed by atoms with van der Waals surface area (Å²) in [4.78, 5) is 25.6. The number of rotatable bonds is 2. The fourth-order valence-corrected chi connectivity index (χ4v) is 2.74. The molecule has 3 rings (SSSR count). The maximum atomic E-state index is 12.8. The number of piperidine rings is 1. The molecular weight excluding hydrogens is 331 g/mol. The van der Waals surface area contributed by atoms with Gasteiger partial charge in [-0.15, -0.1) is 5.10 Å². The van der Waals surface area contributed by atoms with E-state index in [0.29, 0.717) is 17.4 Å². The summed E-state index contributed by atoms with van der Waals surface area (Å²) >= 11 is 0. The van der Waals surface area contributed by atoms with Crippen LogP contribution in [-0.2, 0) is 13.2 Å². The Bertz CT molecular complexity index is 785. The molecule has 8 nitrogen and oxygen atoms in total. The quantitative estimate of drug-likeness (QED) is 0.813. The zero-order valence-corrected chi connectivity index (χ0v) is 12.7. The minimum atomic E-state index is -4.69. The molecular formula is C13H14F3N5O3. The topological polar surface area (TPSA) is 86.2 Å². The van der Waals surface area contributed by atoms with Crippen LogP contribution in [0.25, 0.3) is 0 Å². The van der Waals surface area contributed by atoms with Gasteiger partial charge in [-0.3, -0.25) is 9.36 Å². The van der Waals surface area contributed by atoms with Crippen LogP contribution in [0.4, 0.5) is 13.2 Å². The number of hydrogen-bond acceptors (Lipinski definition) is 5. The van der Waals surface area contributed by atoms with Crippen LogP contribution in [0.5, 0.6) is 0 Å². The summed E-state index contributed by atoms with van der Waals surface area (Å²) < 4.78 is 44.6. The minimum Gasteiger partial charge on any atom is -0.351 e. The van der Waals surface area contributed by atoms with Crippen molar-refractivity contribution in [3.05, 3.63) is 34.3 Å². The fraction of sp³-hybridized carbons (Fsp3) is 0.538. The third-order valence-corrected chi connectivity index (χ3v) is 4.00. The number of carbonyl (C=O) groups excluding carboxylic acids is 1. The number of carbonyl (C=O) groups is 1. The van der Waals surface area contributed by atoms with Crippen molar-refractivity contribution in [2.75, 3.05) is 13.1 Å². The summed E-state index contributed by atoms with van der Waals surface area (Å²) in [6.45, 7) is 0.573. The lowest BCUT2D eigenvalue weighted by Crippen LogP contribution is -2.41. The van der Waals surface area contributed by atoms with Crippen LogP contribution < -0.4 is 5.69 Å². The predicted molar refractivity (Wildman–Crippen MR) is 73.1 cm³/mol.